The minimum Gasteiger partial charge on any atom is -0.550 e. The normalized spacial score (nSPS) is 8.90. The van der Waals surface area contributed by atoms with Crippen molar-refractivity contribution in [2.24, 2.45) is 11.5 Å². The monoisotopic (exact) mass is 465 g/mol. The Morgan fingerprint density at radius 2 is 1.75 bits per heavy atom. The van der Waals surface area contributed by atoms with Crippen molar-refractivity contribution in [2.75, 3.05) is 0 Å². The van der Waals surface area contributed by atoms with Crippen LogP contribution in [-0.4, -0.2) is 11.9 Å². The number of hydrogen-bond donors (Lipinski definition) is 2. The second kappa shape index (κ2) is 10.2. The van der Waals surface area contributed by atoms with Crippen LogP contribution < -0.4 is 21.7 Å². The van der Waals surface area contributed by atoms with Gasteiger partial charge in [-0.2, -0.15) is 13.5 Å². The largest absolute Gasteiger partial charge is 2.00 e. The Bertz CT molecular complexity index is 438. The van der Waals surface area contributed by atoms with Gasteiger partial charge in [-0.25, -0.2) is 0 Å². The van der Waals surface area contributed by atoms with Crippen molar-refractivity contribution >= 4 is 17.5 Å². The van der Waals surface area contributed by atoms with E-state index in [2.05, 4.69) is 13.5 Å². The summed E-state index contributed by atoms with van der Waals surface area (Å²) in [6.07, 6.45) is -1.03. The van der Waals surface area contributed by atoms with Gasteiger partial charge in [0, 0.05) is 18.4 Å². The maximum Gasteiger partial charge on any atom is 2.00 e. The van der Waals surface area contributed by atoms with Crippen LogP contribution in [0, 0.1) is 6.92 Å². The van der Waals surface area contributed by atoms with Crippen molar-refractivity contribution in [3.8, 4) is 0 Å². The van der Waals surface area contributed by atoms with E-state index in [4.69, 9.17) is 20.3 Å². The third-order valence-corrected chi connectivity index (χ3v) is 1.69. The maximum atomic E-state index is 9.28. The van der Waals surface area contributed by atoms with Gasteiger partial charge in [-0.15, -0.1) is 0 Å². The summed E-state index contributed by atoms with van der Waals surface area (Å²) in [5.74, 6) is -1.86. The topological polar surface area (TPSA) is 157 Å². The molecule has 1 aromatic rings. The SMILES string of the molecule is C=C([CH2-])c1oc(CN)c(CN)[o+]1.O=C([O-])CC(=O)[O-].[Pt+2]. The van der Waals surface area contributed by atoms with Crippen LogP contribution in [0.4, 0.5) is 0 Å². The van der Waals surface area contributed by atoms with Crippen LogP contribution in [0.25, 0.3) is 5.57 Å². The third-order valence-electron chi connectivity index (χ3n) is 1.69. The van der Waals surface area contributed by atoms with E-state index in [0.29, 0.717) is 17.1 Å². The van der Waals surface area contributed by atoms with Gasteiger partial charge in [-0.3, -0.25) is 0 Å². The Balaban J connectivity index is 0. The number of rotatable bonds is 5. The molecule has 0 bridgehead atoms. The number of nitrogens with two attached hydrogens (primary N) is 2. The van der Waals surface area contributed by atoms with E-state index in [9.17, 15) is 19.8 Å². The molecule has 20 heavy (non-hydrogen) atoms. The Hall–Kier alpha value is -1.63. The van der Waals surface area contributed by atoms with Gasteiger partial charge in [-0.05, 0) is 0 Å². The van der Waals surface area contributed by atoms with E-state index < -0.39 is 18.4 Å². The summed E-state index contributed by atoms with van der Waals surface area (Å²) in [4.78, 5) is 18.6. The van der Waals surface area contributed by atoms with Crippen LogP contribution in [0.2, 0.25) is 0 Å². The van der Waals surface area contributed by atoms with Crippen LogP contribution in [0.15, 0.2) is 15.4 Å². The fourth-order valence-corrected chi connectivity index (χ4v) is 0.932. The molecule has 0 saturated heterocycles. The van der Waals surface area contributed by atoms with Gasteiger partial charge in [0.25, 0.3) is 11.5 Å². The van der Waals surface area contributed by atoms with Gasteiger partial charge in [-0.1, -0.05) is 5.57 Å². The van der Waals surface area contributed by atoms with Crippen LogP contribution in [0.3, 0.4) is 0 Å². The van der Waals surface area contributed by atoms with E-state index in [-0.39, 0.29) is 40.1 Å². The van der Waals surface area contributed by atoms with Gasteiger partial charge in [0.05, 0.1) is 13.1 Å². The molecule has 1 aromatic heterocycles. The molecule has 0 atom stereocenters. The van der Waals surface area contributed by atoms with Crippen molar-refractivity contribution < 1.29 is 49.7 Å². The van der Waals surface area contributed by atoms with E-state index in [1.54, 1.807) is 0 Å². The third kappa shape index (κ3) is 7.73. The maximum absolute atomic E-state index is 9.28. The van der Waals surface area contributed by atoms with E-state index >= 15 is 0 Å². The molecular formula is C11H14N2O6Pt. The summed E-state index contributed by atoms with van der Waals surface area (Å²) < 4.78 is 10.4. The molecule has 0 aromatic carbocycles. The van der Waals surface area contributed by atoms with Gasteiger partial charge < -0.3 is 40.1 Å². The predicted octanol–water partition coefficient (Wildman–Crippen LogP) is -2.21. The summed E-state index contributed by atoms with van der Waals surface area (Å²) >= 11 is 0. The fraction of sp³-hybridized carbons (Fsp3) is 0.273. The second-order valence-electron chi connectivity index (χ2n) is 3.27. The first kappa shape index (κ1) is 20.7. The average molecular weight is 465 g/mol. The van der Waals surface area contributed by atoms with Crippen LogP contribution >= 0.6 is 0 Å². The molecule has 0 fully saturated rings. The number of hydrogen-bond acceptors (Lipinski definition) is 7. The molecule has 0 radical (unpaired) electrons. The molecule has 0 amide bonds. The van der Waals surface area contributed by atoms with Crippen LogP contribution in [-0.2, 0) is 43.7 Å². The van der Waals surface area contributed by atoms with Gasteiger partial charge in [0.15, 0.2) is 0 Å². The molecule has 0 spiro atoms. The fourth-order valence-electron chi connectivity index (χ4n) is 0.932. The molecule has 4 N–H and O–H groups in total. The molecule has 1 rings (SSSR count). The van der Waals surface area contributed by atoms with E-state index in [0.717, 1.165) is 0 Å². The number of carbonyl (C=O) groups excluding carboxylic acids is 2. The number of allylic oxidation sites excluding steroid dienone is 1. The second-order valence-corrected chi connectivity index (χ2v) is 3.27. The number of carbonyl (C=O) groups is 2. The van der Waals surface area contributed by atoms with Crippen molar-refractivity contribution in [2.45, 2.75) is 19.5 Å². The zero-order valence-electron chi connectivity index (χ0n) is 10.5. The van der Waals surface area contributed by atoms with Crippen molar-refractivity contribution in [1.82, 2.24) is 0 Å². The standard InChI is InChI=1S/C8H12N2O2.C3H4O4.Pt/c1-5(2)8-11-6(3-9)7(4-10)12-8;4-2(5)1-3(6)7;/h1-4,9-10H2;1H2,(H,4,5)(H,6,7);/q;;+2/p-2. The summed E-state index contributed by atoms with van der Waals surface area (Å²) in [6, 6.07) is 0. The molecule has 0 saturated carbocycles. The Kier molecular flexibility index (Phi) is 10.5. The molecule has 8 nitrogen and oxygen atoms in total. The molecule has 0 aliphatic heterocycles. The smallest absolute Gasteiger partial charge is 0.550 e. The molecule has 1 heterocycles. The zero-order chi connectivity index (χ0) is 15.0. The first-order valence-corrected chi connectivity index (χ1v) is 5.07. The Morgan fingerprint density at radius 1 is 1.25 bits per heavy atom. The first-order chi connectivity index (χ1) is 8.81. The molecular weight excluding hydrogens is 451 g/mol. The van der Waals surface area contributed by atoms with Gasteiger partial charge in [0.2, 0.25) is 0 Å². The van der Waals surface area contributed by atoms with Gasteiger partial charge in [0.1, 0.15) is 0 Å². The summed E-state index contributed by atoms with van der Waals surface area (Å²) in [7, 11) is 0. The molecule has 0 unspecified atom stereocenters. The Morgan fingerprint density at radius 3 is 1.95 bits per heavy atom. The van der Waals surface area contributed by atoms with Crippen molar-refractivity contribution in [3.05, 3.63) is 31.0 Å². The van der Waals surface area contributed by atoms with Crippen molar-refractivity contribution in [1.29, 1.82) is 0 Å². The zero-order valence-corrected chi connectivity index (χ0v) is 12.7. The first-order valence-electron chi connectivity index (χ1n) is 5.07. The average Bonchev–Trinajstić information content (AvgIpc) is 2.71. The number of carboxylic acids is 2. The van der Waals surface area contributed by atoms with Crippen LogP contribution in [0.5, 0.6) is 0 Å². The number of aliphatic carboxylic acids is 2. The van der Waals surface area contributed by atoms with Crippen LogP contribution in [0.1, 0.15) is 23.9 Å². The minimum atomic E-state index is -1.63. The summed E-state index contributed by atoms with van der Waals surface area (Å²) in [5.41, 5.74) is 11.2. The predicted molar refractivity (Wildman–Crippen MR) is 60.2 cm³/mol. The molecule has 0 aliphatic carbocycles. The molecule has 0 aliphatic rings. The molecule has 114 valence electrons. The summed E-state index contributed by atoms with van der Waals surface area (Å²) in [5, 5.41) is 18.6. The number of carboxylic acid groups (broad SMARTS) is 2. The quantitative estimate of drug-likeness (QED) is 0.282. The molecule has 9 heteroatoms. The Labute approximate surface area is 129 Å². The van der Waals surface area contributed by atoms with Gasteiger partial charge >= 0.3 is 27.0 Å². The van der Waals surface area contributed by atoms with E-state index in [1.165, 1.54) is 0 Å². The summed E-state index contributed by atoms with van der Waals surface area (Å²) in [6.45, 7) is 7.67. The van der Waals surface area contributed by atoms with E-state index in [1.807, 2.05) is 0 Å². The van der Waals surface area contributed by atoms with Crippen molar-refractivity contribution in [3.63, 3.8) is 0 Å². The minimum absolute atomic E-state index is 0.